The number of hydrogen-bond acceptors (Lipinski definition) is 7. The highest BCUT2D eigenvalue weighted by atomic mass is 16.6. The lowest BCUT2D eigenvalue weighted by Crippen LogP contribution is -2.40. The first-order valence-corrected chi connectivity index (χ1v) is 10.7. The minimum atomic E-state index is -0.250. The zero-order chi connectivity index (χ0) is 22.7. The number of nitrogens with zero attached hydrogens (tertiary/aromatic N) is 1. The summed E-state index contributed by atoms with van der Waals surface area (Å²) in [5.74, 6) is 6.78. The number of hydrogen-bond donors (Lipinski definition) is 4. The van der Waals surface area contributed by atoms with E-state index in [1.807, 2.05) is 19.1 Å². The van der Waals surface area contributed by atoms with Crippen LogP contribution >= 0.6 is 0 Å². The van der Waals surface area contributed by atoms with Crippen molar-refractivity contribution in [1.82, 2.24) is 5.32 Å². The van der Waals surface area contributed by atoms with Crippen molar-refractivity contribution in [3.63, 3.8) is 0 Å². The second-order valence-electron chi connectivity index (χ2n) is 8.16. The molecule has 0 amide bonds. The van der Waals surface area contributed by atoms with Gasteiger partial charge < -0.3 is 25.6 Å². The third-order valence-electron chi connectivity index (χ3n) is 6.16. The van der Waals surface area contributed by atoms with Crippen LogP contribution in [0.4, 0.5) is 0 Å². The maximum Gasteiger partial charge on any atom is 0.290 e. The van der Waals surface area contributed by atoms with Gasteiger partial charge in [0.1, 0.15) is 23.8 Å². The molecule has 0 spiro atoms. The largest absolute Gasteiger partial charge is 0.487 e. The number of rotatable bonds is 8. The van der Waals surface area contributed by atoms with Crippen LogP contribution in [0.1, 0.15) is 43.7 Å². The quantitative estimate of drug-likeness (QED) is 0.208. The van der Waals surface area contributed by atoms with Crippen molar-refractivity contribution in [2.45, 2.75) is 51.2 Å². The molecule has 9 heteroatoms. The Labute approximate surface area is 184 Å². The molecular weight excluding hydrogens is 400 g/mol. The van der Waals surface area contributed by atoms with E-state index in [1.165, 1.54) is 0 Å². The van der Waals surface area contributed by atoms with Gasteiger partial charge in [0.2, 0.25) is 0 Å². The molecule has 0 saturated carbocycles. The maximum absolute atomic E-state index is 8.36. The maximum atomic E-state index is 8.36. The first kappa shape index (κ1) is 25.1. The Kier molecular flexibility index (Phi) is 10.2. The van der Waals surface area contributed by atoms with Crippen LogP contribution in [0.3, 0.4) is 0 Å². The molecule has 1 fully saturated rings. The summed E-state index contributed by atoms with van der Waals surface area (Å²) in [4.78, 5) is 18.1. The van der Waals surface area contributed by atoms with E-state index in [4.69, 9.17) is 40.8 Å². The fourth-order valence-corrected chi connectivity index (χ4v) is 4.09. The minimum absolute atomic E-state index is 0.0186. The van der Waals surface area contributed by atoms with Crippen molar-refractivity contribution in [3.05, 3.63) is 29.3 Å². The van der Waals surface area contributed by atoms with Gasteiger partial charge in [-0.3, -0.25) is 14.6 Å². The van der Waals surface area contributed by atoms with E-state index < -0.39 is 0 Å². The summed E-state index contributed by atoms with van der Waals surface area (Å²) in [7, 11) is 1.76. The molecule has 0 bridgehead atoms. The van der Waals surface area contributed by atoms with E-state index in [-0.39, 0.29) is 24.1 Å². The molecule has 1 aromatic carbocycles. The SMILES string of the molecule is COCCC1(CN=C(N)c2ccc3c(c2)CCC(C(C)ON)O3)CCNCC1.O=CO. The van der Waals surface area contributed by atoms with Crippen LogP contribution in [-0.4, -0.2) is 63.0 Å². The van der Waals surface area contributed by atoms with Gasteiger partial charge in [-0.1, -0.05) is 0 Å². The van der Waals surface area contributed by atoms with E-state index in [1.54, 1.807) is 7.11 Å². The zero-order valence-electron chi connectivity index (χ0n) is 18.5. The summed E-state index contributed by atoms with van der Waals surface area (Å²) in [6.45, 7) is 5.24. The number of methoxy groups -OCH3 is 1. The van der Waals surface area contributed by atoms with Crippen LogP contribution in [0.15, 0.2) is 23.2 Å². The number of aryl methyl sites for hydroxylation is 1. The highest BCUT2D eigenvalue weighted by Gasteiger charge is 2.31. The number of carbonyl (C=O) groups is 1. The van der Waals surface area contributed by atoms with Gasteiger partial charge in [0.25, 0.3) is 6.47 Å². The van der Waals surface area contributed by atoms with E-state index in [0.717, 1.165) is 75.2 Å². The smallest absolute Gasteiger partial charge is 0.290 e. The van der Waals surface area contributed by atoms with Crippen molar-refractivity contribution in [3.8, 4) is 5.75 Å². The van der Waals surface area contributed by atoms with E-state index in [9.17, 15) is 0 Å². The highest BCUT2D eigenvalue weighted by Crippen LogP contribution is 2.34. The number of fused-ring (bicyclic) bond motifs is 1. The van der Waals surface area contributed by atoms with Crippen LogP contribution in [0.2, 0.25) is 0 Å². The number of carboxylic acid groups (broad SMARTS) is 1. The second kappa shape index (κ2) is 12.6. The number of amidine groups is 1. The Balaban J connectivity index is 0.00000107. The number of aliphatic imine (C=N–C) groups is 1. The normalized spacial score (nSPS) is 21.1. The Hall–Kier alpha value is -2.20. The Morgan fingerprint density at radius 1 is 1.45 bits per heavy atom. The summed E-state index contributed by atoms with van der Waals surface area (Å²) >= 11 is 0. The lowest BCUT2D eigenvalue weighted by atomic mass is 9.76. The average Bonchev–Trinajstić information content (AvgIpc) is 2.81. The molecule has 0 radical (unpaired) electrons. The Morgan fingerprint density at radius 3 is 2.81 bits per heavy atom. The van der Waals surface area contributed by atoms with Gasteiger partial charge in [-0.25, -0.2) is 5.90 Å². The average molecular weight is 437 g/mol. The van der Waals surface area contributed by atoms with Crippen LogP contribution in [0.5, 0.6) is 5.75 Å². The van der Waals surface area contributed by atoms with Crippen LogP contribution in [-0.2, 0) is 20.8 Å². The van der Waals surface area contributed by atoms with Crippen molar-refractivity contribution in [1.29, 1.82) is 0 Å². The molecule has 31 heavy (non-hydrogen) atoms. The number of ether oxygens (including phenoxy) is 2. The van der Waals surface area contributed by atoms with Crippen molar-refractivity contribution in [2.24, 2.45) is 22.0 Å². The molecule has 2 unspecified atom stereocenters. The Bertz CT molecular complexity index is 722. The van der Waals surface area contributed by atoms with Crippen LogP contribution in [0, 0.1) is 5.41 Å². The number of piperidine rings is 1. The molecule has 2 heterocycles. The standard InChI is InChI=1S/C21H34N4O3.CH2O2/c1-15(28-23)18-5-3-16-13-17(4-6-19(16)27-18)20(22)25-14-21(9-12-26-2)7-10-24-11-8-21;2-1-3/h4,6,13,15,18,24H,3,5,7-12,14,23H2,1-2H3,(H2,22,25);1H,(H,2,3). The molecule has 1 aromatic rings. The summed E-state index contributed by atoms with van der Waals surface area (Å²) < 4.78 is 11.4. The number of benzene rings is 1. The van der Waals surface area contributed by atoms with E-state index in [2.05, 4.69) is 11.4 Å². The fourth-order valence-electron chi connectivity index (χ4n) is 4.09. The third-order valence-corrected chi connectivity index (χ3v) is 6.16. The van der Waals surface area contributed by atoms with Crippen LogP contribution < -0.4 is 21.7 Å². The number of nitrogens with two attached hydrogens (primary N) is 2. The van der Waals surface area contributed by atoms with Crippen LogP contribution in [0.25, 0.3) is 0 Å². The highest BCUT2D eigenvalue weighted by molar-refractivity contribution is 5.97. The molecule has 6 N–H and O–H groups in total. The lowest BCUT2D eigenvalue weighted by Gasteiger charge is -2.36. The molecule has 2 atom stereocenters. The molecule has 2 aliphatic heterocycles. The molecular formula is C22H36N4O5. The van der Waals surface area contributed by atoms with Gasteiger partial charge in [-0.05, 0) is 81.3 Å². The molecule has 9 nitrogen and oxygen atoms in total. The van der Waals surface area contributed by atoms with Crippen molar-refractivity contribution < 1.29 is 24.2 Å². The summed E-state index contributed by atoms with van der Waals surface area (Å²) in [5, 5.41) is 10.3. The monoisotopic (exact) mass is 436 g/mol. The molecule has 1 saturated heterocycles. The van der Waals surface area contributed by atoms with E-state index >= 15 is 0 Å². The summed E-state index contributed by atoms with van der Waals surface area (Å²) in [6, 6.07) is 6.06. The molecule has 0 aliphatic carbocycles. The summed E-state index contributed by atoms with van der Waals surface area (Å²) in [6.07, 6.45) is 4.87. The molecule has 3 rings (SSSR count). The zero-order valence-corrected chi connectivity index (χ0v) is 18.5. The van der Waals surface area contributed by atoms with Crippen molar-refractivity contribution >= 4 is 12.3 Å². The third kappa shape index (κ3) is 7.17. The van der Waals surface area contributed by atoms with Gasteiger partial charge in [-0.15, -0.1) is 0 Å². The minimum Gasteiger partial charge on any atom is -0.487 e. The van der Waals surface area contributed by atoms with Gasteiger partial charge in [0, 0.05) is 25.8 Å². The first-order valence-electron chi connectivity index (χ1n) is 10.7. The molecule has 0 aromatic heterocycles. The van der Waals surface area contributed by atoms with Crippen molar-refractivity contribution in [2.75, 3.05) is 33.4 Å². The predicted molar refractivity (Wildman–Crippen MR) is 119 cm³/mol. The first-order chi connectivity index (χ1) is 15.0. The van der Waals surface area contributed by atoms with Gasteiger partial charge in [0.15, 0.2) is 0 Å². The second-order valence-corrected chi connectivity index (χ2v) is 8.16. The summed E-state index contributed by atoms with van der Waals surface area (Å²) in [5.41, 5.74) is 8.65. The van der Waals surface area contributed by atoms with Gasteiger partial charge >= 0.3 is 0 Å². The van der Waals surface area contributed by atoms with Gasteiger partial charge in [-0.2, -0.15) is 0 Å². The van der Waals surface area contributed by atoms with E-state index in [0.29, 0.717) is 5.84 Å². The molecule has 174 valence electrons. The topological polar surface area (TPSA) is 141 Å². The lowest BCUT2D eigenvalue weighted by molar-refractivity contribution is -0.122. The van der Waals surface area contributed by atoms with Gasteiger partial charge in [0.05, 0.1) is 0 Å². The number of nitrogens with one attached hydrogen (secondary N) is 1. The molecule has 2 aliphatic rings. The Morgan fingerprint density at radius 2 is 2.16 bits per heavy atom. The fraction of sp³-hybridized carbons (Fsp3) is 0.636. The predicted octanol–water partition coefficient (Wildman–Crippen LogP) is 1.47.